The first-order valence-electron chi connectivity index (χ1n) is 20.7. The summed E-state index contributed by atoms with van der Waals surface area (Å²) in [5.41, 5.74) is 0. The third-order valence-electron chi connectivity index (χ3n) is 13.4. The molecule has 0 aromatic heterocycles. The van der Waals surface area contributed by atoms with E-state index in [1.807, 2.05) is 0 Å². The van der Waals surface area contributed by atoms with E-state index in [1.165, 1.54) is 180 Å². The Balaban J connectivity index is 0.967. The Morgan fingerprint density at radius 1 is 0.419 bits per heavy atom. The summed E-state index contributed by atoms with van der Waals surface area (Å²) in [7, 11) is 0. The molecule has 2 atom stereocenters. The van der Waals surface area contributed by atoms with Gasteiger partial charge in [0.05, 0.1) is 12.2 Å². The second-order valence-corrected chi connectivity index (χ2v) is 17.3. The first-order chi connectivity index (χ1) is 21.0. The Labute approximate surface area is 271 Å². The van der Waals surface area contributed by atoms with Crippen LogP contribution in [0.1, 0.15) is 207 Å². The molecule has 1 nitrogen and oxygen atoms in total. The molecular weight excluding hydrogens is 520 g/mol. The second kappa shape index (κ2) is 20.3. The van der Waals surface area contributed by atoms with E-state index in [4.69, 9.17) is 4.74 Å². The summed E-state index contributed by atoms with van der Waals surface area (Å²) in [6.07, 6.45) is 42.2. The van der Waals surface area contributed by atoms with Crippen molar-refractivity contribution in [2.24, 2.45) is 47.3 Å². The fourth-order valence-electron chi connectivity index (χ4n) is 10.6. The molecule has 0 heterocycles. The van der Waals surface area contributed by atoms with Crippen molar-refractivity contribution in [3.63, 3.8) is 0 Å². The lowest BCUT2D eigenvalue weighted by Crippen LogP contribution is -2.29. The maximum absolute atomic E-state index is 6.73. The van der Waals surface area contributed by atoms with Crippen LogP contribution in [0.15, 0.2) is 0 Å². The molecule has 0 saturated heterocycles. The van der Waals surface area contributed by atoms with E-state index in [-0.39, 0.29) is 0 Å². The van der Waals surface area contributed by atoms with Crippen LogP contribution in [-0.4, -0.2) is 12.2 Å². The third kappa shape index (κ3) is 13.7. The van der Waals surface area contributed by atoms with E-state index >= 15 is 0 Å². The average Bonchev–Trinajstić information content (AvgIpc) is 3.01. The van der Waals surface area contributed by atoms with Gasteiger partial charge in [0.2, 0.25) is 0 Å². The third-order valence-corrected chi connectivity index (χ3v) is 13.4. The Bertz CT molecular complexity index is 611. The largest absolute Gasteiger partial charge is 0.375 e. The summed E-state index contributed by atoms with van der Waals surface area (Å²) in [6.45, 7) is 9.83. The minimum atomic E-state index is 0.581. The SMILES string of the molecule is CCCC1CCC(CC(C)CCCC2CCC(OC3CCC(CCCC(C)CC4CCC(CCC)CC4)CC3)CC2)CC1. The van der Waals surface area contributed by atoms with E-state index < -0.39 is 0 Å². The Kier molecular flexibility index (Phi) is 16.9. The normalized spacial score (nSPS) is 35.4. The molecule has 4 aliphatic carbocycles. The van der Waals surface area contributed by atoms with Crippen LogP contribution in [0.2, 0.25) is 0 Å². The maximum Gasteiger partial charge on any atom is 0.0579 e. The van der Waals surface area contributed by atoms with E-state index in [0.29, 0.717) is 12.2 Å². The van der Waals surface area contributed by atoms with Gasteiger partial charge in [-0.3, -0.25) is 0 Å². The molecule has 0 N–H and O–H groups in total. The van der Waals surface area contributed by atoms with Crippen molar-refractivity contribution in [1.29, 1.82) is 0 Å². The first kappa shape index (κ1) is 35.8. The molecule has 1 heteroatoms. The van der Waals surface area contributed by atoms with Crippen molar-refractivity contribution >= 4 is 0 Å². The summed E-state index contributed by atoms with van der Waals surface area (Å²) in [6, 6.07) is 0. The van der Waals surface area contributed by atoms with Crippen LogP contribution in [-0.2, 0) is 4.74 Å². The molecule has 0 aromatic carbocycles. The zero-order valence-corrected chi connectivity index (χ0v) is 30.0. The van der Waals surface area contributed by atoms with Gasteiger partial charge in [0, 0.05) is 0 Å². The lowest BCUT2D eigenvalue weighted by atomic mass is 9.76. The molecule has 0 aromatic rings. The first-order valence-corrected chi connectivity index (χ1v) is 20.7. The van der Waals surface area contributed by atoms with Crippen molar-refractivity contribution < 1.29 is 4.74 Å². The minimum Gasteiger partial charge on any atom is -0.375 e. The smallest absolute Gasteiger partial charge is 0.0579 e. The fourth-order valence-corrected chi connectivity index (χ4v) is 10.6. The van der Waals surface area contributed by atoms with Gasteiger partial charge >= 0.3 is 0 Å². The second-order valence-electron chi connectivity index (χ2n) is 17.3. The van der Waals surface area contributed by atoms with Crippen molar-refractivity contribution in [3.05, 3.63) is 0 Å². The highest BCUT2D eigenvalue weighted by Gasteiger charge is 2.28. The van der Waals surface area contributed by atoms with Gasteiger partial charge in [-0.1, -0.05) is 143 Å². The summed E-state index contributed by atoms with van der Waals surface area (Å²) >= 11 is 0. The Morgan fingerprint density at radius 3 is 1.07 bits per heavy atom. The molecule has 43 heavy (non-hydrogen) atoms. The van der Waals surface area contributed by atoms with Crippen molar-refractivity contribution in [1.82, 2.24) is 0 Å². The van der Waals surface area contributed by atoms with Crippen molar-refractivity contribution in [2.45, 2.75) is 220 Å². The fraction of sp³-hybridized carbons (Fsp3) is 1.00. The zero-order valence-electron chi connectivity index (χ0n) is 30.0. The molecule has 4 saturated carbocycles. The molecule has 4 rings (SSSR count). The quantitative estimate of drug-likeness (QED) is 0.152. The summed E-state index contributed by atoms with van der Waals surface area (Å²) in [4.78, 5) is 0. The predicted octanol–water partition coefficient (Wildman–Crippen LogP) is 13.7. The lowest BCUT2D eigenvalue weighted by molar-refractivity contribution is -0.0573. The maximum atomic E-state index is 6.73. The van der Waals surface area contributed by atoms with Crippen LogP contribution in [0, 0.1) is 47.3 Å². The van der Waals surface area contributed by atoms with Gasteiger partial charge in [-0.15, -0.1) is 0 Å². The topological polar surface area (TPSA) is 9.23 Å². The number of hydrogen-bond acceptors (Lipinski definition) is 1. The molecular formula is C42H78O. The van der Waals surface area contributed by atoms with E-state index in [9.17, 15) is 0 Å². The lowest BCUT2D eigenvalue weighted by Gasteiger charge is -2.35. The molecule has 2 unspecified atom stereocenters. The molecule has 252 valence electrons. The molecule has 0 aliphatic heterocycles. The van der Waals surface area contributed by atoms with E-state index in [1.54, 1.807) is 0 Å². The van der Waals surface area contributed by atoms with Crippen molar-refractivity contribution in [2.75, 3.05) is 0 Å². The van der Waals surface area contributed by atoms with Gasteiger partial charge in [-0.25, -0.2) is 0 Å². The van der Waals surface area contributed by atoms with Crippen LogP contribution in [0.25, 0.3) is 0 Å². The van der Waals surface area contributed by atoms with Crippen LogP contribution in [0.5, 0.6) is 0 Å². The highest BCUT2D eigenvalue weighted by atomic mass is 16.5. The molecule has 4 fully saturated rings. The molecule has 0 spiro atoms. The van der Waals surface area contributed by atoms with Gasteiger partial charge in [-0.05, 0) is 112 Å². The van der Waals surface area contributed by atoms with Gasteiger partial charge in [-0.2, -0.15) is 0 Å². The van der Waals surface area contributed by atoms with Gasteiger partial charge in [0.15, 0.2) is 0 Å². The van der Waals surface area contributed by atoms with Gasteiger partial charge in [0.25, 0.3) is 0 Å². The number of hydrogen-bond donors (Lipinski definition) is 0. The van der Waals surface area contributed by atoms with Crippen LogP contribution < -0.4 is 0 Å². The van der Waals surface area contributed by atoms with E-state index in [0.717, 1.165) is 47.3 Å². The Hall–Kier alpha value is -0.0400. The molecule has 4 aliphatic rings. The molecule has 0 radical (unpaired) electrons. The predicted molar refractivity (Wildman–Crippen MR) is 189 cm³/mol. The van der Waals surface area contributed by atoms with E-state index in [2.05, 4.69) is 27.7 Å². The number of ether oxygens (including phenoxy) is 1. The van der Waals surface area contributed by atoms with Crippen LogP contribution in [0.4, 0.5) is 0 Å². The van der Waals surface area contributed by atoms with Gasteiger partial charge < -0.3 is 4.74 Å². The summed E-state index contributed by atoms with van der Waals surface area (Å²) < 4.78 is 6.73. The highest BCUT2D eigenvalue weighted by Crippen LogP contribution is 2.39. The molecule has 0 amide bonds. The number of rotatable bonds is 18. The summed E-state index contributed by atoms with van der Waals surface area (Å²) in [5.74, 6) is 8.09. The van der Waals surface area contributed by atoms with Crippen molar-refractivity contribution in [3.8, 4) is 0 Å². The minimum absolute atomic E-state index is 0.581. The van der Waals surface area contributed by atoms with Gasteiger partial charge in [0.1, 0.15) is 0 Å². The standard InChI is InChI=1S/C42H78O/c1-5-9-35-15-19-39(20-16-35)31-33(3)11-7-13-37-23-27-41(28-24-37)43-42-29-25-38(26-30-42)14-8-12-34(4)32-40-21-17-36(10-6-2)18-22-40/h33-42H,5-32H2,1-4H3. The zero-order chi connectivity index (χ0) is 30.3. The Morgan fingerprint density at radius 2 is 0.721 bits per heavy atom. The monoisotopic (exact) mass is 599 g/mol. The average molecular weight is 599 g/mol. The molecule has 0 bridgehead atoms. The van der Waals surface area contributed by atoms with Crippen LogP contribution in [0.3, 0.4) is 0 Å². The van der Waals surface area contributed by atoms with Crippen LogP contribution >= 0.6 is 0 Å². The summed E-state index contributed by atoms with van der Waals surface area (Å²) in [5, 5.41) is 0. The highest BCUT2D eigenvalue weighted by molar-refractivity contribution is 4.80.